The van der Waals surface area contributed by atoms with Crippen LogP contribution in [-0.4, -0.2) is 17.4 Å². The molecule has 0 heterocycles. The highest BCUT2D eigenvalue weighted by molar-refractivity contribution is 5.94. The molecule has 0 aromatic heterocycles. The molecule has 0 unspecified atom stereocenters. The Morgan fingerprint density at radius 2 is 2.11 bits per heavy atom. The average Bonchev–Trinajstić information content (AvgIpc) is 2.38. The first-order valence-corrected chi connectivity index (χ1v) is 6.17. The minimum Gasteiger partial charge on any atom is -0.352 e. The molecule has 0 atom stereocenters. The van der Waals surface area contributed by atoms with Crippen LogP contribution in [0.25, 0.3) is 0 Å². The second kappa shape index (κ2) is 7.42. The summed E-state index contributed by atoms with van der Waals surface area (Å²) in [5.41, 5.74) is 0.272. The number of carbonyl (C=O) groups is 1. The third kappa shape index (κ3) is 4.53. The summed E-state index contributed by atoms with van der Waals surface area (Å²) in [6, 6.07) is 5.76. The third-order valence-corrected chi connectivity index (χ3v) is 2.64. The van der Waals surface area contributed by atoms with Crippen molar-refractivity contribution in [2.24, 2.45) is 0 Å². The van der Waals surface area contributed by atoms with Crippen molar-refractivity contribution in [2.75, 3.05) is 6.54 Å². The summed E-state index contributed by atoms with van der Waals surface area (Å²) in [5.74, 6) is -0.254. The van der Waals surface area contributed by atoms with Crippen molar-refractivity contribution in [1.29, 1.82) is 0 Å². The number of non-ortho nitro benzene ring substituents is 1. The van der Waals surface area contributed by atoms with Gasteiger partial charge in [0.15, 0.2) is 0 Å². The number of hydrogen-bond donors (Lipinski definition) is 1. The van der Waals surface area contributed by atoms with Crippen molar-refractivity contribution in [1.82, 2.24) is 5.32 Å². The smallest absolute Gasteiger partial charge is 0.270 e. The molecule has 1 rings (SSSR count). The minimum absolute atomic E-state index is 0.0615. The van der Waals surface area contributed by atoms with Crippen LogP contribution in [0.1, 0.15) is 43.0 Å². The lowest BCUT2D eigenvalue weighted by atomic mass is 10.1. The lowest BCUT2D eigenvalue weighted by Crippen LogP contribution is -2.24. The fourth-order valence-corrected chi connectivity index (χ4v) is 1.62. The summed E-state index contributed by atoms with van der Waals surface area (Å²) in [5, 5.41) is 13.3. The highest BCUT2D eigenvalue weighted by Crippen LogP contribution is 2.12. The Balaban J connectivity index is 2.46. The zero-order valence-electron chi connectivity index (χ0n) is 10.5. The molecule has 1 aromatic carbocycles. The molecule has 0 bridgehead atoms. The van der Waals surface area contributed by atoms with E-state index in [1.165, 1.54) is 18.2 Å². The predicted molar refractivity (Wildman–Crippen MR) is 69.6 cm³/mol. The Bertz CT molecular complexity index is 418. The number of nitro groups is 1. The van der Waals surface area contributed by atoms with E-state index < -0.39 is 4.92 Å². The van der Waals surface area contributed by atoms with Gasteiger partial charge in [-0.1, -0.05) is 32.3 Å². The van der Waals surface area contributed by atoms with Crippen molar-refractivity contribution >= 4 is 11.6 Å². The molecule has 0 aliphatic carbocycles. The van der Waals surface area contributed by atoms with E-state index >= 15 is 0 Å². The number of nitrogens with zero attached hydrogens (tertiary/aromatic N) is 1. The largest absolute Gasteiger partial charge is 0.352 e. The zero-order valence-corrected chi connectivity index (χ0v) is 10.5. The standard InChI is InChI=1S/C13H18N2O3/c1-2-3-4-5-9-14-13(16)11-7-6-8-12(10-11)15(17)18/h6-8,10H,2-5,9H2,1H3,(H,14,16). The molecule has 1 aromatic rings. The van der Waals surface area contributed by atoms with Gasteiger partial charge in [-0.3, -0.25) is 14.9 Å². The first kappa shape index (κ1) is 14.2. The second-order valence-corrected chi connectivity index (χ2v) is 4.12. The molecule has 98 valence electrons. The molecule has 18 heavy (non-hydrogen) atoms. The number of rotatable bonds is 7. The Hall–Kier alpha value is -1.91. The van der Waals surface area contributed by atoms with Crippen molar-refractivity contribution in [3.63, 3.8) is 0 Å². The van der Waals surface area contributed by atoms with Crippen molar-refractivity contribution in [2.45, 2.75) is 32.6 Å². The van der Waals surface area contributed by atoms with E-state index in [1.807, 2.05) is 0 Å². The van der Waals surface area contributed by atoms with Crippen LogP contribution in [-0.2, 0) is 0 Å². The van der Waals surface area contributed by atoms with E-state index in [2.05, 4.69) is 12.2 Å². The maximum absolute atomic E-state index is 11.7. The summed E-state index contributed by atoms with van der Waals surface area (Å²) in [6.45, 7) is 2.74. The maximum atomic E-state index is 11.7. The fraction of sp³-hybridized carbons (Fsp3) is 0.462. The molecule has 5 nitrogen and oxygen atoms in total. The van der Waals surface area contributed by atoms with Gasteiger partial charge in [-0.15, -0.1) is 0 Å². The van der Waals surface area contributed by atoms with E-state index in [0.717, 1.165) is 25.7 Å². The molecule has 0 radical (unpaired) electrons. The van der Waals surface area contributed by atoms with Crippen LogP contribution in [0.3, 0.4) is 0 Å². The monoisotopic (exact) mass is 250 g/mol. The molecule has 0 saturated heterocycles. The summed E-state index contributed by atoms with van der Waals surface area (Å²) >= 11 is 0. The van der Waals surface area contributed by atoms with Gasteiger partial charge >= 0.3 is 0 Å². The van der Waals surface area contributed by atoms with E-state index in [9.17, 15) is 14.9 Å². The molecule has 0 spiro atoms. The van der Waals surface area contributed by atoms with Gasteiger partial charge in [0, 0.05) is 24.2 Å². The van der Waals surface area contributed by atoms with Crippen LogP contribution in [0.2, 0.25) is 0 Å². The second-order valence-electron chi connectivity index (χ2n) is 4.12. The number of amides is 1. The fourth-order valence-electron chi connectivity index (χ4n) is 1.62. The summed E-state index contributed by atoms with van der Waals surface area (Å²) < 4.78 is 0. The van der Waals surface area contributed by atoms with Crippen LogP contribution in [0.4, 0.5) is 5.69 Å². The van der Waals surface area contributed by atoms with Crippen molar-refractivity contribution < 1.29 is 9.72 Å². The minimum atomic E-state index is -0.502. The number of carbonyl (C=O) groups excluding carboxylic acids is 1. The first-order valence-electron chi connectivity index (χ1n) is 6.17. The molecule has 1 amide bonds. The molecule has 0 aliphatic rings. The maximum Gasteiger partial charge on any atom is 0.270 e. The topological polar surface area (TPSA) is 72.2 Å². The van der Waals surface area contributed by atoms with E-state index in [-0.39, 0.29) is 11.6 Å². The molecule has 5 heteroatoms. The van der Waals surface area contributed by atoms with Crippen LogP contribution >= 0.6 is 0 Å². The lowest BCUT2D eigenvalue weighted by Gasteiger charge is -2.04. The first-order chi connectivity index (χ1) is 8.65. The Morgan fingerprint density at radius 3 is 2.78 bits per heavy atom. The average molecular weight is 250 g/mol. The van der Waals surface area contributed by atoms with E-state index in [0.29, 0.717) is 12.1 Å². The summed E-state index contributed by atoms with van der Waals surface area (Å²) in [4.78, 5) is 21.8. The van der Waals surface area contributed by atoms with Crippen LogP contribution in [0.5, 0.6) is 0 Å². The normalized spacial score (nSPS) is 10.1. The molecule has 0 fully saturated rings. The van der Waals surface area contributed by atoms with E-state index in [4.69, 9.17) is 0 Å². The molecule has 0 saturated carbocycles. The Labute approximate surface area is 106 Å². The van der Waals surface area contributed by atoms with Crippen molar-refractivity contribution in [3.8, 4) is 0 Å². The van der Waals surface area contributed by atoms with E-state index in [1.54, 1.807) is 6.07 Å². The number of benzene rings is 1. The van der Waals surface area contributed by atoms with Gasteiger partial charge in [-0.05, 0) is 12.5 Å². The van der Waals surface area contributed by atoms with Crippen LogP contribution < -0.4 is 5.32 Å². The predicted octanol–water partition coefficient (Wildman–Crippen LogP) is 2.90. The molecule has 0 aliphatic heterocycles. The van der Waals surface area contributed by atoms with Gasteiger partial charge in [0.2, 0.25) is 0 Å². The molecular formula is C13H18N2O3. The van der Waals surface area contributed by atoms with Gasteiger partial charge in [0.1, 0.15) is 0 Å². The number of unbranched alkanes of at least 4 members (excludes halogenated alkanes) is 3. The zero-order chi connectivity index (χ0) is 13.4. The Kier molecular flexibility index (Phi) is 5.84. The van der Waals surface area contributed by atoms with Gasteiger partial charge < -0.3 is 5.32 Å². The number of nitro benzene ring substituents is 1. The summed E-state index contributed by atoms with van der Waals surface area (Å²) in [6.07, 6.45) is 4.34. The number of nitrogens with one attached hydrogen (secondary N) is 1. The lowest BCUT2D eigenvalue weighted by molar-refractivity contribution is -0.384. The van der Waals surface area contributed by atoms with Gasteiger partial charge in [0.05, 0.1) is 4.92 Å². The van der Waals surface area contributed by atoms with Gasteiger partial charge in [-0.2, -0.15) is 0 Å². The third-order valence-electron chi connectivity index (χ3n) is 2.64. The van der Waals surface area contributed by atoms with Gasteiger partial charge in [-0.25, -0.2) is 0 Å². The highest BCUT2D eigenvalue weighted by Gasteiger charge is 2.10. The number of hydrogen-bond acceptors (Lipinski definition) is 3. The molecule has 1 N–H and O–H groups in total. The van der Waals surface area contributed by atoms with Crippen LogP contribution in [0, 0.1) is 10.1 Å². The molecular weight excluding hydrogens is 232 g/mol. The summed E-state index contributed by atoms with van der Waals surface area (Å²) in [7, 11) is 0. The van der Waals surface area contributed by atoms with Gasteiger partial charge in [0.25, 0.3) is 11.6 Å². The SMILES string of the molecule is CCCCCCNC(=O)c1cccc([N+](=O)[O-])c1. The van der Waals surface area contributed by atoms with Crippen LogP contribution in [0.15, 0.2) is 24.3 Å². The highest BCUT2D eigenvalue weighted by atomic mass is 16.6. The Morgan fingerprint density at radius 1 is 1.33 bits per heavy atom. The van der Waals surface area contributed by atoms with Crippen molar-refractivity contribution in [3.05, 3.63) is 39.9 Å². The quantitative estimate of drug-likeness (QED) is 0.459.